The molecule has 0 aliphatic rings. The summed E-state index contributed by atoms with van der Waals surface area (Å²) in [5.74, 6) is 0.0118. The maximum Gasteiger partial charge on any atom is 0.316 e. The quantitative estimate of drug-likeness (QED) is 0.499. The van der Waals surface area contributed by atoms with E-state index in [1.165, 1.54) is 11.8 Å². The van der Waals surface area contributed by atoms with E-state index in [9.17, 15) is 4.79 Å². The van der Waals surface area contributed by atoms with Crippen molar-refractivity contribution >= 4 is 17.7 Å². The van der Waals surface area contributed by atoms with Crippen LogP contribution >= 0.6 is 11.8 Å². The van der Waals surface area contributed by atoms with Crippen LogP contribution in [0.5, 0.6) is 0 Å². The zero-order chi connectivity index (χ0) is 16.8. The Balaban J connectivity index is 1.93. The number of rotatable bonds is 6. The predicted molar refractivity (Wildman–Crippen MR) is 96.4 cm³/mol. The summed E-state index contributed by atoms with van der Waals surface area (Å²) in [6.07, 6.45) is 2.00. The number of ether oxygens (including phenoxy) is 1. The van der Waals surface area contributed by atoms with Crippen molar-refractivity contribution in [2.75, 3.05) is 12.4 Å². The third-order valence-electron chi connectivity index (χ3n) is 3.40. The zero-order valence-electron chi connectivity index (χ0n) is 13.4. The van der Waals surface area contributed by atoms with Crippen LogP contribution < -0.4 is 0 Å². The molecule has 3 rings (SSSR count). The minimum absolute atomic E-state index is 0.230. The summed E-state index contributed by atoms with van der Waals surface area (Å²) in [5, 5.41) is 0.771. The lowest BCUT2D eigenvalue weighted by Crippen LogP contribution is -2.07. The fourth-order valence-electron chi connectivity index (χ4n) is 2.31. The van der Waals surface area contributed by atoms with Gasteiger partial charge < -0.3 is 4.74 Å². The Labute approximate surface area is 145 Å². The van der Waals surface area contributed by atoms with E-state index in [1.807, 2.05) is 71.4 Å². The molecule has 0 amide bonds. The number of aromatic nitrogens is 2. The number of hydrogen-bond donors (Lipinski definition) is 0. The monoisotopic (exact) mass is 338 g/mol. The Hall–Kier alpha value is -2.53. The van der Waals surface area contributed by atoms with E-state index in [0.717, 1.165) is 22.1 Å². The smallest absolute Gasteiger partial charge is 0.316 e. The fraction of sp³-hybridized carbons (Fsp3) is 0.158. The van der Waals surface area contributed by atoms with Crippen molar-refractivity contribution in [3.63, 3.8) is 0 Å². The van der Waals surface area contributed by atoms with Crippen LogP contribution in [-0.4, -0.2) is 27.9 Å². The lowest BCUT2D eigenvalue weighted by molar-refractivity contribution is -0.139. The maximum absolute atomic E-state index is 11.7. The summed E-state index contributed by atoms with van der Waals surface area (Å²) >= 11 is 1.38. The molecule has 0 unspecified atom stereocenters. The van der Waals surface area contributed by atoms with Crippen LogP contribution in [0, 0.1) is 0 Å². The number of imidazole rings is 1. The third-order valence-corrected chi connectivity index (χ3v) is 4.33. The number of carbonyl (C=O) groups is 1. The van der Waals surface area contributed by atoms with Gasteiger partial charge in [-0.3, -0.25) is 9.36 Å². The summed E-state index contributed by atoms with van der Waals surface area (Å²) in [4.78, 5) is 16.4. The lowest BCUT2D eigenvalue weighted by Gasteiger charge is -2.06. The molecule has 0 fully saturated rings. The molecule has 0 radical (unpaired) electrons. The van der Waals surface area contributed by atoms with E-state index in [4.69, 9.17) is 9.72 Å². The Morgan fingerprint density at radius 3 is 2.42 bits per heavy atom. The highest BCUT2D eigenvalue weighted by Crippen LogP contribution is 2.27. The number of thioether (sulfide) groups is 1. The van der Waals surface area contributed by atoms with Crippen LogP contribution in [-0.2, 0) is 9.53 Å². The molecule has 2 aromatic carbocycles. The molecule has 0 N–H and O–H groups in total. The second-order valence-electron chi connectivity index (χ2n) is 5.07. The van der Waals surface area contributed by atoms with Crippen molar-refractivity contribution in [2.45, 2.75) is 12.1 Å². The molecule has 0 spiro atoms. The van der Waals surface area contributed by atoms with Gasteiger partial charge in [-0.2, -0.15) is 0 Å². The van der Waals surface area contributed by atoms with E-state index in [0.29, 0.717) is 6.61 Å². The molecule has 0 aliphatic carbocycles. The molecule has 122 valence electrons. The Bertz CT molecular complexity index is 801. The molecule has 0 aliphatic heterocycles. The van der Waals surface area contributed by atoms with Gasteiger partial charge in [0.2, 0.25) is 0 Å². The van der Waals surface area contributed by atoms with Gasteiger partial charge in [-0.1, -0.05) is 60.3 Å². The van der Waals surface area contributed by atoms with Gasteiger partial charge in [0.05, 0.1) is 18.1 Å². The molecular formula is C19H18N2O2S. The maximum atomic E-state index is 11.7. The number of hydrogen-bond acceptors (Lipinski definition) is 4. The summed E-state index contributed by atoms with van der Waals surface area (Å²) in [5.41, 5.74) is 2.94. The molecule has 3 aromatic rings. The van der Waals surface area contributed by atoms with E-state index < -0.39 is 0 Å². The van der Waals surface area contributed by atoms with Crippen LogP contribution in [0.15, 0.2) is 72.0 Å². The molecule has 0 atom stereocenters. The number of para-hydroxylation sites is 1. The highest BCUT2D eigenvalue weighted by atomic mass is 32.2. The van der Waals surface area contributed by atoms with Crippen molar-refractivity contribution in [1.29, 1.82) is 0 Å². The Morgan fingerprint density at radius 1 is 1.08 bits per heavy atom. The summed E-state index contributed by atoms with van der Waals surface area (Å²) < 4.78 is 7.01. The van der Waals surface area contributed by atoms with Crippen molar-refractivity contribution in [1.82, 2.24) is 9.55 Å². The van der Waals surface area contributed by atoms with Crippen LogP contribution in [0.25, 0.3) is 16.9 Å². The number of esters is 1. The fourth-order valence-corrected chi connectivity index (χ4v) is 3.10. The summed E-state index contributed by atoms with van der Waals surface area (Å²) in [6.45, 7) is 2.20. The highest BCUT2D eigenvalue weighted by molar-refractivity contribution is 7.99. The van der Waals surface area contributed by atoms with Gasteiger partial charge in [0.15, 0.2) is 5.16 Å². The topological polar surface area (TPSA) is 44.1 Å². The van der Waals surface area contributed by atoms with Gasteiger partial charge in [-0.15, -0.1) is 0 Å². The van der Waals surface area contributed by atoms with Crippen LogP contribution in [0.4, 0.5) is 0 Å². The third kappa shape index (κ3) is 3.86. The minimum Gasteiger partial charge on any atom is -0.465 e. The number of benzene rings is 2. The van der Waals surface area contributed by atoms with Gasteiger partial charge in [0.1, 0.15) is 0 Å². The number of nitrogens with zero attached hydrogens (tertiary/aromatic N) is 2. The van der Waals surface area contributed by atoms with E-state index >= 15 is 0 Å². The first kappa shape index (κ1) is 16.3. The van der Waals surface area contributed by atoms with Gasteiger partial charge >= 0.3 is 5.97 Å². The minimum atomic E-state index is -0.230. The largest absolute Gasteiger partial charge is 0.465 e. The molecule has 5 heteroatoms. The summed E-state index contributed by atoms with van der Waals surface area (Å²) in [7, 11) is 0. The molecule has 0 saturated heterocycles. The average Bonchev–Trinajstić information content (AvgIpc) is 3.06. The Morgan fingerprint density at radius 2 is 1.75 bits per heavy atom. The first-order valence-electron chi connectivity index (χ1n) is 7.76. The zero-order valence-corrected chi connectivity index (χ0v) is 14.2. The molecule has 4 nitrogen and oxygen atoms in total. The molecule has 0 saturated carbocycles. The predicted octanol–water partition coefficient (Wildman–Crippen LogP) is 4.19. The molecule has 0 bridgehead atoms. The molecule has 24 heavy (non-hydrogen) atoms. The molecular weight excluding hydrogens is 320 g/mol. The van der Waals surface area contributed by atoms with Gasteiger partial charge in [0.25, 0.3) is 0 Å². The first-order chi connectivity index (χ1) is 11.8. The van der Waals surface area contributed by atoms with E-state index in [2.05, 4.69) is 0 Å². The average molecular weight is 338 g/mol. The van der Waals surface area contributed by atoms with Crippen molar-refractivity contribution in [3.8, 4) is 16.9 Å². The SMILES string of the molecule is CCOC(=O)CSc1nc(-c2ccccc2)cn1-c1ccccc1. The molecule has 1 aromatic heterocycles. The van der Waals surface area contributed by atoms with Gasteiger partial charge in [-0.05, 0) is 19.1 Å². The number of carbonyl (C=O) groups excluding carboxylic acids is 1. The molecule has 1 heterocycles. The van der Waals surface area contributed by atoms with Crippen molar-refractivity contribution < 1.29 is 9.53 Å². The van der Waals surface area contributed by atoms with E-state index in [-0.39, 0.29) is 11.7 Å². The van der Waals surface area contributed by atoms with Crippen molar-refractivity contribution in [3.05, 3.63) is 66.9 Å². The van der Waals surface area contributed by atoms with Crippen LogP contribution in [0.2, 0.25) is 0 Å². The normalized spacial score (nSPS) is 10.5. The Kier molecular flexibility index (Phi) is 5.33. The first-order valence-corrected chi connectivity index (χ1v) is 8.75. The van der Waals surface area contributed by atoms with Crippen molar-refractivity contribution in [2.24, 2.45) is 0 Å². The highest BCUT2D eigenvalue weighted by Gasteiger charge is 2.13. The van der Waals surface area contributed by atoms with E-state index in [1.54, 1.807) is 6.92 Å². The van der Waals surface area contributed by atoms with Crippen LogP contribution in [0.1, 0.15) is 6.92 Å². The standard InChI is InChI=1S/C19H18N2O2S/c1-2-23-18(22)14-24-19-20-17(15-9-5-3-6-10-15)13-21(19)16-11-7-4-8-12-16/h3-13H,2,14H2,1H3. The van der Waals surface area contributed by atoms with Gasteiger partial charge in [0, 0.05) is 17.4 Å². The van der Waals surface area contributed by atoms with Crippen LogP contribution in [0.3, 0.4) is 0 Å². The lowest BCUT2D eigenvalue weighted by atomic mass is 10.2. The summed E-state index contributed by atoms with van der Waals surface area (Å²) in [6, 6.07) is 20.0. The second-order valence-corrected chi connectivity index (χ2v) is 6.02. The van der Waals surface area contributed by atoms with Gasteiger partial charge in [-0.25, -0.2) is 4.98 Å². The second kappa shape index (κ2) is 7.84.